The minimum absolute atomic E-state index is 0.104. The Morgan fingerprint density at radius 2 is 2.00 bits per heavy atom. The molecule has 2 aromatic heterocycles. The number of para-hydroxylation sites is 1. The first-order valence-corrected chi connectivity index (χ1v) is 11.1. The lowest BCUT2D eigenvalue weighted by molar-refractivity contribution is -0.122. The van der Waals surface area contributed by atoms with Crippen LogP contribution in [0.1, 0.15) is 24.6 Å². The molecule has 0 fully saturated rings. The van der Waals surface area contributed by atoms with Crippen molar-refractivity contribution in [2.45, 2.75) is 33.0 Å². The van der Waals surface area contributed by atoms with Gasteiger partial charge in [0, 0.05) is 17.6 Å². The molecular formula is C24H23N3O4S. The fourth-order valence-corrected chi connectivity index (χ4v) is 3.92. The number of anilines is 1. The van der Waals surface area contributed by atoms with Gasteiger partial charge in [0.1, 0.15) is 18.1 Å². The Labute approximate surface area is 189 Å². The summed E-state index contributed by atoms with van der Waals surface area (Å²) < 4.78 is 13.3. The third-order valence-electron chi connectivity index (χ3n) is 4.81. The fraction of sp³-hybridized carbons (Fsp3) is 0.208. The Bertz CT molecular complexity index is 1280. The molecule has 0 bridgehead atoms. The molecule has 0 saturated carbocycles. The van der Waals surface area contributed by atoms with Gasteiger partial charge < -0.3 is 14.8 Å². The average Bonchev–Trinajstić information content (AvgIpc) is 3.27. The van der Waals surface area contributed by atoms with E-state index in [9.17, 15) is 9.59 Å². The van der Waals surface area contributed by atoms with Crippen LogP contribution in [0.25, 0.3) is 4.96 Å². The maximum absolute atomic E-state index is 12.9. The summed E-state index contributed by atoms with van der Waals surface area (Å²) in [7, 11) is 0. The second-order valence-corrected chi connectivity index (χ2v) is 8.12. The van der Waals surface area contributed by atoms with Crippen molar-refractivity contribution < 1.29 is 14.3 Å². The molecule has 0 spiro atoms. The molecule has 32 heavy (non-hydrogen) atoms. The Morgan fingerprint density at radius 1 is 1.19 bits per heavy atom. The van der Waals surface area contributed by atoms with Gasteiger partial charge in [-0.3, -0.25) is 14.0 Å². The number of amides is 1. The summed E-state index contributed by atoms with van der Waals surface area (Å²) in [5.74, 6) is 0.867. The summed E-state index contributed by atoms with van der Waals surface area (Å²) in [4.78, 5) is 30.2. The molecule has 8 heteroatoms. The van der Waals surface area contributed by atoms with Crippen molar-refractivity contribution in [1.82, 2.24) is 9.38 Å². The van der Waals surface area contributed by atoms with E-state index in [0.717, 1.165) is 5.56 Å². The molecule has 1 N–H and O–H groups in total. The van der Waals surface area contributed by atoms with Crippen LogP contribution in [0.4, 0.5) is 5.69 Å². The normalized spacial score (nSPS) is 11.8. The third kappa shape index (κ3) is 4.97. The molecular weight excluding hydrogens is 426 g/mol. The lowest BCUT2D eigenvalue weighted by Crippen LogP contribution is -2.32. The molecule has 7 nitrogen and oxygen atoms in total. The third-order valence-corrected chi connectivity index (χ3v) is 5.57. The number of ether oxygens (including phenoxy) is 2. The van der Waals surface area contributed by atoms with Gasteiger partial charge in [-0.25, -0.2) is 4.98 Å². The van der Waals surface area contributed by atoms with E-state index in [0.29, 0.717) is 34.3 Å². The van der Waals surface area contributed by atoms with E-state index in [1.54, 1.807) is 12.3 Å². The van der Waals surface area contributed by atoms with E-state index in [1.165, 1.54) is 21.8 Å². The van der Waals surface area contributed by atoms with E-state index >= 15 is 0 Å². The van der Waals surface area contributed by atoms with Crippen molar-refractivity contribution in [2.75, 3.05) is 5.32 Å². The molecule has 4 rings (SSSR count). The molecule has 1 unspecified atom stereocenters. The number of benzene rings is 2. The predicted octanol–water partition coefficient (Wildman–Crippen LogP) is 4.44. The van der Waals surface area contributed by atoms with Gasteiger partial charge in [0.25, 0.3) is 11.5 Å². The van der Waals surface area contributed by atoms with E-state index in [1.807, 2.05) is 61.7 Å². The number of nitrogens with zero attached hydrogens (tertiary/aromatic N) is 2. The van der Waals surface area contributed by atoms with Crippen LogP contribution in [0, 0.1) is 6.92 Å². The first-order valence-electron chi connectivity index (χ1n) is 10.3. The zero-order valence-corrected chi connectivity index (χ0v) is 18.6. The van der Waals surface area contributed by atoms with Crippen molar-refractivity contribution in [2.24, 2.45) is 0 Å². The fourth-order valence-electron chi connectivity index (χ4n) is 3.18. The summed E-state index contributed by atoms with van der Waals surface area (Å²) in [5, 5.41) is 4.73. The van der Waals surface area contributed by atoms with Crippen LogP contribution < -0.4 is 20.3 Å². The van der Waals surface area contributed by atoms with E-state index in [4.69, 9.17) is 9.47 Å². The number of nitrogens with one attached hydrogen (secondary N) is 1. The smallest absolute Gasteiger partial charge is 0.265 e. The maximum atomic E-state index is 12.9. The zero-order chi connectivity index (χ0) is 22.5. The van der Waals surface area contributed by atoms with E-state index in [-0.39, 0.29) is 18.1 Å². The standard InChI is InChI=1S/C24H23N3O4S/c1-3-20(31-18-7-5-4-6-8-18)23(29)26-19-13-16(2)9-10-21(19)30-15-17-14-22(28)27-11-12-32-24(27)25-17/h4-14,20H,3,15H2,1-2H3,(H,26,29). The van der Waals surface area contributed by atoms with Gasteiger partial charge in [0.2, 0.25) is 0 Å². The number of carbonyl (C=O) groups is 1. The minimum atomic E-state index is -0.645. The average molecular weight is 450 g/mol. The largest absolute Gasteiger partial charge is 0.485 e. The lowest BCUT2D eigenvalue weighted by atomic mass is 10.2. The highest BCUT2D eigenvalue weighted by Gasteiger charge is 2.20. The predicted molar refractivity (Wildman–Crippen MR) is 125 cm³/mol. The monoisotopic (exact) mass is 449 g/mol. The maximum Gasteiger partial charge on any atom is 0.265 e. The van der Waals surface area contributed by atoms with Crippen LogP contribution in [0.3, 0.4) is 0 Å². The van der Waals surface area contributed by atoms with E-state index < -0.39 is 6.10 Å². The number of rotatable bonds is 8. The second-order valence-electron chi connectivity index (χ2n) is 7.25. The number of carbonyl (C=O) groups excluding carboxylic acids is 1. The van der Waals surface area contributed by atoms with Gasteiger partial charge >= 0.3 is 0 Å². The summed E-state index contributed by atoms with van der Waals surface area (Å²) in [6, 6.07) is 16.2. The van der Waals surface area contributed by atoms with Crippen LogP contribution in [0.5, 0.6) is 11.5 Å². The molecule has 0 aliphatic rings. The molecule has 0 aliphatic heterocycles. The Hall–Kier alpha value is -3.65. The van der Waals surface area contributed by atoms with Crippen LogP contribution in [0.15, 0.2) is 71.0 Å². The van der Waals surface area contributed by atoms with Crippen molar-refractivity contribution in [3.05, 3.63) is 87.8 Å². The molecule has 1 amide bonds. The Morgan fingerprint density at radius 3 is 2.78 bits per heavy atom. The number of thiazole rings is 1. The van der Waals surface area contributed by atoms with Crippen molar-refractivity contribution >= 4 is 27.9 Å². The molecule has 4 aromatic rings. The van der Waals surface area contributed by atoms with E-state index in [2.05, 4.69) is 10.3 Å². The number of hydrogen-bond donors (Lipinski definition) is 1. The number of aryl methyl sites for hydroxylation is 1. The summed E-state index contributed by atoms with van der Waals surface area (Å²) >= 11 is 1.38. The summed E-state index contributed by atoms with van der Waals surface area (Å²) in [6.45, 7) is 3.93. The summed E-state index contributed by atoms with van der Waals surface area (Å²) in [5.41, 5.74) is 1.88. The first kappa shape index (κ1) is 21.6. The molecule has 0 radical (unpaired) electrons. The van der Waals surface area contributed by atoms with Crippen molar-refractivity contribution in [3.63, 3.8) is 0 Å². The van der Waals surface area contributed by atoms with Crippen LogP contribution >= 0.6 is 11.3 Å². The van der Waals surface area contributed by atoms with Crippen LogP contribution in [0.2, 0.25) is 0 Å². The van der Waals surface area contributed by atoms with Crippen molar-refractivity contribution in [3.8, 4) is 11.5 Å². The number of hydrogen-bond acceptors (Lipinski definition) is 6. The molecule has 0 saturated heterocycles. The van der Waals surface area contributed by atoms with Gasteiger partial charge in [0.15, 0.2) is 11.1 Å². The van der Waals surface area contributed by atoms with Gasteiger partial charge in [-0.1, -0.05) is 31.2 Å². The highest BCUT2D eigenvalue weighted by Crippen LogP contribution is 2.27. The molecule has 164 valence electrons. The van der Waals surface area contributed by atoms with Gasteiger partial charge in [-0.2, -0.15) is 0 Å². The SMILES string of the molecule is CCC(Oc1ccccc1)C(=O)Nc1cc(C)ccc1OCc1cc(=O)n2ccsc2n1. The zero-order valence-electron chi connectivity index (χ0n) is 17.8. The van der Waals surface area contributed by atoms with Gasteiger partial charge in [0.05, 0.1) is 11.4 Å². The Balaban J connectivity index is 1.49. The second kappa shape index (κ2) is 9.65. The highest BCUT2D eigenvalue weighted by molar-refractivity contribution is 7.15. The number of fused-ring (bicyclic) bond motifs is 1. The van der Waals surface area contributed by atoms with Gasteiger partial charge in [-0.15, -0.1) is 11.3 Å². The Kier molecular flexibility index (Phi) is 6.51. The molecule has 2 heterocycles. The van der Waals surface area contributed by atoms with Crippen LogP contribution in [-0.4, -0.2) is 21.4 Å². The number of aromatic nitrogens is 2. The summed E-state index contributed by atoms with van der Waals surface area (Å²) in [6.07, 6.45) is 1.56. The molecule has 2 aromatic carbocycles. The van der Waals surface area contributed by atoms with Crippen molar-refractivity contribution in [1.29, 1.82) is 0 Å². The van der Waals surface area contributed by atoms with Gasteiger partial charge in [-0.05, 0) is 43.2 Å². The van der Waals surface area contributed by atoms with Crippen LogP contribution in [-0.2, 0) is 11.4 Å². The quantitative estimate of drug-likeness (QED) is 0.430. The minimum Gasteiger partial charge on any atom is -0.485 e. The lowest BCUT2D eigenvalue weighted by Gasteiger charge is -2.19. The topological polar surface area (TPSA) is 81.9 Å². The molecule has 1 atom stereocenters. The highest BCUT2D eigenvalue weighted by atomic mass is 32.1. The first-order chi connectivity index (χ1) is 15.5. The molecule has 0 aliphatic carbocycles.